The Labute approximate surface area is 147 Å². The average Bonchev–Trinajstić information content (AvgIpc) is 2.70. The Morgan fingerprint density at radius 3 is 1.92 bits per heavy atom. The van der Waals surface area contributed by atoms with Crippen molar-refractivity contribution in [2.45, 2.75) is 6.92 Å². The van der Waals surface area contributed by atoms with Crippen LogP contribution in [0.4, 0.5) is 0 Å². The van der Waals surface area contributed by atoms with Crippen LogP contribution in [0.5, 0.6) is 0 Å². The lowest BCUT2D eigenvalue weighted by molar-refractivity contribution is 1.22. The monoisotopic (exact) mass is 322 g/mol. The molecule has 2 nitrogen and oxygen atoms in total. The first-order valence-electron chi connectivity index (χ1n) is 8.37. The van der Waals surface area contributed by atoms with E-state index in [1.165, 1.54) is 11.1 Å². The van der Waals surface area contributed by atoms with Crippen LogP contribution < -0.4 is 0 Å². The highest BCUT2D eigenvalue weighted by molar-refractivity contribution is 5.79. The Morgan fingerprint density at radius 2 is 1.28 bits per heavy atom. The van der Waals surface area contributed by atoms with Gasteiger partial charge in [0, 0.05) is 11.8 Å². The van der Waals surface area contributed by atoms with Crippen molar-refractivity contribution in [1.29, 1.82) is 0 Å². The van der Waals surface area contributed by atoms with Crippen molar-refractivity contribution in [3.63, 3.8) is 0 Å². The molecule has 0 saturated carbocycles. The molecule has 2 heterocycles. The Hall–Kier alpha value is -3.26. The molecule has 0 N–H and O–H groups in total. The lowest BCUT2D eigenvalue weighted by Crippen LogP contribution is -1.97. The van der Waals surface area contributed by atoms with E-state index in [9.17, 15) is 0 Å². The summed E-state index contributed by atoms with van der Waals surface area (Å²) in [5, 5.41) is 0. The lowest BCUT2D eigenvalue weighted by Gasteiger charge is -2.14. The molecule has 0 fully saturated rings. The highest BCUT2D eigenvalue weighted by Gasteiger charge is 2.14. The van der Waals surface area contributed by atoms with Crippen molar-refractivity contribution in [2.75, 3.05) is 0 Å². The summed E-state index contributed by atoms with van der Waals surface area (Å²) in [7, 11) is 0. The van der Waals surface area contributed by atoms with Gasteiger partial charge in [0.05, 0.1) is 17.1 Å². The first kappa shape index (κ1) is 15.3. The Balaban J connectivity index is 1.98. The predicted octanol–water partition coefficient (Wildman–Crippen LogP) is 5.79. The van der Waals surface area contributed by atoms with Gasteiger partial charge in [0.2, 0.25) is 0 Å². The topological polar surface area (TPSA) is 25.8 Å². The SMILES string of the molecule is Cc1c(-c2ccccc2)cc(-c2ccccc2)nc1-c1ccccn1. The third-order valence-corrected chi connectivity index (χ3v) is 4.33. The number of benzene rings is 2. The molecule has 0 bridgehead atoms. The summed E-state index contributed by atoms with van der Waals surface area (Å²) < 4.78 is 0. The second-order valence-electron chi connectivity index (χ2n) is 5.98. The molecule has 0 aliphatic rings. The van der Waals surface area contributed by atoms with E-state index in [1.807, 2.05) is 48.7 Å². The molecule has 2 aromatic heterocycles. The van der Waals surface area contributed by atoms with Crippen molar-refractivity contribution in [3.8, 4) is 33.8 Å². The molecular weight excluding hydrogens is 304 g/mol. The number of rotatable bonds is 3. The molecule has 2 aromatic carbocycles. The van der Waals surface area contributed by atoms with Crippen molar-refractivity contribution in [3.05, 3.63) is 96.7 Å². The Morgan fingerprint density at radius 1 is 0.640 bits per heavy atom. The summed E-state index contributed by atoms with van der Waals surface area (Å²) in [6.45, 7) is 2.12. The van der Waals surface area contributed by atoms with Crippen molar-refractivity contribution < 1.29 is 0 Å². The molecule has 0 amide bonds. The van der Waals surface area contributed by atoms with Crippen molar-refractivity contribution in [1.82, 2.24) is 9.97 Å². The second kappa shape index (κ2) is 6.70. The van der Waals surface area contributed by atoms with E-state index < -0.39 is 0 Å². The van der Waals surface area contributed by atoms with Crippen LogP contribution in [0.1, 0.15) is 5.56 Å². The first-order valence-corrected chi connectivity index (χ1v) is 8.37. The van der Waals surface area contributed by atoms with Crippen LogP contribution in [0.25, 0.3) is 33.8 Å². The average molecular weight is 322 g/mol. The van der Waals surface area contributed by atoms with Crippen LogP contribution in [0, 0.1) is 6.92 Å². The van der Waals surface area contributed by atoms with E-state index in [0.29, 0.717) is 0 Å². The third kappa shape index (κ3) is 3.07. The summed E-state index contributed by atoms with van der Waals surface area (Å²) >= 11 is 0. The fourth-order valence-corrected chi connectivity index (χ4v) is 3.04. The summed E-state index contributed by atoms with van der Waals surface area (Å²) in [6.07, 6.45) is 1.81. The van der Waals surface area contributed by atoms with E-state index in [1.54, 1.807) is 0 Å². The van der Waals surface area contributed by atoms with Gasteiger partial charge in [-0.15, -0.1) is 0 Å². The van der Waals surface area contributed by atoms with E-state index in [4.69, 9.17) is 4.98 Å². The lowest BCUT2D eigenvalue weighted by atomic mass is 9.96. The van der Waals surface area contributed by atoms with Crippen LogP contribution >= 0.6 is 0 Å². The second-order valence-corrected chi connectivity index (χ2v) is 5.98. The Bertz CT molecular complexity index is 918. The maximum atomic E-state index is 4.94. The minimum absolute atomic E-state index is 0.898. The Kier molecular flexibility index (Phi) is 4.09. The van der Waals surface area contributed by atoms with Gasteiger partial charge < -0.3 is 0 Å². The number of hydrogen-bond donors (Lipinski definition) is 0. The molecule has 0 radical (unpaired) electrons. The zero-order valence-corrected chi connectivity index (χ0v) is 14.1. The van der Waals surface area contributed by atoms with Gasteiger partial charge in [-0.05, 0) is 41.8 Å². The molecule has 25 heavy (non-hydrogen) atoms. The van der Waals surface area contributed by atoms with Crippen LogP contribution in [-0.4, -0.2) is 9.97 Å². The molecule has 4 aromatic rings. The number of aromatic nitrogens is 2. The smallest absolute Gasteiger partial charge is 0.0928 e. The molecule has 4 rings (SSSR count). The molecule has 0 unspecified atom stereocenters. The minimum Gasteiger partial charge on any atom is -0.255 e. The van der Waals surface area contributed by atoms with E-state index in [0.717, 1.165) is 28.2 Å². The molecule has 120 valence electrons. The van der Waals surface area contributed by atoms with Crippen LogP contribution in [0.15, 0.2) is 91.1 Å². The number of nitrogens with zero attached hydrogens (tertiary/aromatic N) is 2. The molecule has 0 atom stereocenters. The molecule has 0 aliphatic heterocycles. The van der Waals surface area contributed by atoms with Gasteiger partial charge in [-0.25, -0.2) is 4.98 Å². The van der Waals surface area contributed by atoms with Gasteiger partial charge in [0.1, 0.15) is 0 Å². The molecular formula is C23H18N2. The van der Waals surface area contributed by atoms with Crippen molar-refractivity contribution >= 4 is 0 Å². The fraction of sp³-hybridized carbons (Fsp3) is 0.0435. The zero-order valence-electron chi connectivity index (χ0n) is 14.1. The number of pyridine rings is 2. The summed E-state index contributed by atoms with van der Waals surface area (Å²) in [5.74, 6) is 0. The van der Waals surface area contributed by atoms with Crippen LogP contribution in [-0.2, 0) is 0 Å². The van der Waals surface area contributed by atoms with Gasteiger partial charge in [0.15, 0.2) is 0 Å². The van der Waals surface area contributed by atoms with Gasteiger partial charge in [-0.3, -0.25) is 4.98 Å². The number of hydrogen-bond acceptors (Lipinski definition) is 2. The molecule has 2 heteroatoms. The van der Waals surface area contributed by atoms with E-state index >= 15 is 0 Å². The summed E-state index contributed by atoms with van der Waals surface area (Å²) in [5.41, 5.74) is 7.43. The third-order valence-electron chi connectivity index (χ3n) is 4.33. The van der Waals surface area contributed by atoms with Gasteiger partial charge in [0.25, 0.3) is 0 Å². The van der Waals surface area contributed by atoms with E-state index in [2.05, 4.69) is 54.4 Å². The molecule has 0 saturated heterocycles. The van der Waals surface area contributed by atoms with Crippen molar-refractivity contribution in [2.24, 2.45) is 0 Å². The van der Waals surface area contributed by atoms with Gasteiger partial charge >= 0.3 is 0 Å². The van der Waals surface area contributed by atoms with Gasteiger partial charge in [-0.2, -0.15) is 0 Å². The molecule has 0 aliphatic carbocycles. The highest BCUT2D eigenvalue weighted by atomic mass is 14.8. The largest absolute Gasteiger partial charge is 0.255 e. The highest BCUT2D eigenvalue weighted by Crippen LogP contribution is 2.33. The fourth-order valence-electron chi connectivity index (χ4n) is 3.04. The quantitative estimate of drug-likeness (QED) is 0.477. The van der Waals surface area contributed by atoms with E-state index in [-0.39, 0.29) is 0 Å². The maximum Gasteiger partial charge on any atom is 0.0928 e. The van der Waals surface area contributed by atoms with Gasteiger partial charge in [-0.1, -0.05) is 66.7 Å². The predicted molar refractivity (Wildman–Crippen MR) is 103 cm³/mol. The minimum atomic E-state index is 0.898. The standard InChI is InChI=1S/C23H18N2/c1-17-20(18-10-4-2-5-11-18)16-22(19-12-6-3-7-13-19)25-23(17)21-14-8-9-15-24-21/h2-16H,1H3. The molecule has 0 spiro atoms. The maximum absolute atomic E-state index is 4.94. The van der Waals surface area contributed by atoms with Crippen LogP contribution in [0.3, 0.4) is 0 Å². The summed E-state index contributed by atoms with van der Waals surface area (Å²) in [4.78, 5) is 9.45. The first-order chi connectivity index (χ1) is 12.3. The zero-order chi connectivity index (χ0) is 17.1. The normalized spacial score (nSPS) is 10.6. The van der Waals surface area contributed by atoms with Crippen LogP contribution in [0.2, 0.25) is 0 Å². The summed E-state index contributed by atoms with van der Waals surface area (Å²) in [6, 6.07) is 28.9.